The molecule has 76 valence electrons. The lowest BCUT2D eigenvalue weighted by Crippen LogP contribution is -2.32. The SMILES string of the molecule is CCCC(C)C(=O)NOCC(N)=O. The van der Waals surface area contributed by atoms with Crippen molar-refractivity contribution in [3.8, 4) is 0 Å². The molecular weight excluding hydrogens is 172 g/mol. The fraction of sp³-hybridized carbons (Fsp3) is 0.750. The Kier molecular flexibility index (Phi) is 5.88. The Hall–Kier alpha value is -1.10. The van der Waals surface area contributed by atoms with Crippen LogP contribution in [0.3, 0.4) is 0 Å². The van der Waals surface area contributed by atoms with Crippen LogP contribution in [0, 0.1) is 5.92 Å². The molecule has 0 aromatic heterocycles. The molecule has 0 radical (unpaired) electrons. The standard InChI is InChI=1S/C8H16N2O3/c1-3-4-6(2)8(12)10-13-5-7(9)11/h6H,3-5H2,1-2H3,(H2,9,11)(H,10,12). The number of amides is 2. The normalized spacial score (nSPS) is 12.2. The van der Waals surface area contributed by atoms with Gasteiger partial charge < -0.3 is 5.73 Å². The van der Waals surface area contributed by atoms with Gasteiger partial charge in [-0.2, -0.15) is 0 Å². The van der Waals surface area contributed by atoms with Crippen LogP contribution in [-0.4, -0.2) is 18.4 Å². The highest BCUT2D eigenvalue weighted by Crippen LogP contribution is 2.03. The highest BCUT2D eigenvalue weighted by atomic mass is 16.7. The fourth-order valence-electron chi connectivity index (χ4n) is 0.843. The number of hydrogen-bond donors (Lipinski definition) is 2. The average molecular weight is 188 g/mol. The van der Waals surface area contributed by atoms with Crippen LogP contribution < -0.4 is 11.2 Å². The maximum Gasteiger partial charge on any atom is 0.246 e. The van der Waals surface area contributed by atoms with Crippen molar-refractivity contribution in [2.45, 2.75) is 26.7 Å². The molecule has 5 nitrogen and oxygen atoms in total. The summed E-state index contributed by atoms with van der Waals surface area (Å²) in [5.41, 5.74) is 6.96. The minimum Gasteiger partial charge on any atom is -0.368 e. The maximum absolute atomic E-state index is 11.1. The quantitative estimate of drug-likeness (QED) is 0.574. The van der Waals surface area contributed by atoms with Crippen LogP contribution in [0.4, 0.5) is 0 Å². The van der Waals surface area contributed by atoms with Gasteiger partial charge >= 0.3 is 0 Å². The van der Waals surface area contributed by atoms with Crippen molar-refractivity contribution >= 4 is 11.8 Å². The Morgan fingerprint density at radius 3 is 2.62 bits per heavy atom. The molecule has 5 heteroatoms. The Morgan fingerprint density at radius 2 is 2.15 bits per heavy atom. The number of hydrogen-bond acceptors (Lipinski definition) is 3. The van der Waals surface area contributed by atoms with Gasteiger partial charge in [0.25, 0.3) is 0 Å². The van der Waals surface area contributed by atoms with Crippen molar-refractivity contribution in [1.82, 2.24) is 5.48 Å². The predicted octanol–water partition coefficient (Wildman–Crippen LogP) is -0.0443. The summed E-state index contributed by atoms with van der Waals surface area (Å²) in [6.07, 6.45) is 1.73. The third kappa shape index (κ3) is 6.10. The topological polar surface area (TPSA) is 81.4 Å². The second kappa shape index (κ2) is 6.42. The zero-order chi connectivity index (χ0) is 10.3. The second-order valence-electron chi connectivity index (χ2n) is 2.91. The van der Waals surface area contributed by atoms with Crippen molar-refractivity contribution in [2.24, 2.45) is 11.7 Å². The maximum atomic E-state index is 11.1. The molecule has 0 aromatic carbocycles. The lowest BCUT2D eigenvalue weighted by atomic mass is 10.1. The van der Waals surface area contributed by atoms with Crippen molar-refractivity contribution < 1.29 is 14.4 Å². The number of carbonyl (C=O) groups excluding carboxylic acids is 2. The molecule has 0 aliphatic heterocycles. The second-order valence-corrected chi connectivity index (χ2v) is 2.91. The van der Waals surface area contributed by atoms with Crippen molar-refractivity contribution in [1.29, 1.82) is 0 Å². The first-order valence-corrected chi connectivity index (χ1v) is 4.27. The first-order chi connectivity index (χ1) is 6.07. The van der Waals surface area contributed by atoms with Crippen LogP contribution in [-0.2, 0) is 14.4 Å². The molecule has 0 spiro atoms. The van der Waals surface area contributed by atoms with E-state index in [9.17, 15) is 9.59 Å². The third-order valence-electron chi connectivity index (χ3n) is 1.56. The third-order valence-corrected chi connectivity index (χ3v) is 1.56. The van der Waals surface area contributed by atoms with Crippen LogP contribution in [0.25, 0.3) is 0 Å². The van der Waals surface area contributed by atoms with E-state index < -0.39 is 5.91 Å². The minimum absolute atomic E-state index is 0.0992. The molecule has 2 amide bonds. The van der Waals surface area contributed by atoms with Gasteiger partial charge in [-0.25, -0.2) is 5.48 Å². The molecule has 0 saturated heterocycles. The molecule has 1 atom stereocenters. The summed E-state index contributed by atoms with van der Waals surface area (Å²) in [6, 6.07) is 0. The summed E-state index contributed by atoms with van der Waals surface area (Å²) in [6.45, 7) is 3.51. The van der Waals surface area contributed by atoms with Crippen molar-refractivity contribution in [3.05, 3.63) is 0 Å². The van der Waals surface area contributed by atoms with Gasteiger partial charge in [-0.15, -0.1) is 0 Å². The Morgan fingerprint density at radius 1 is 1.54 bits per heavy atom. The van der Waals surface area contributed by atoms with Crippen LogP contribution >= 0.6 is 0 Å². The van der Waals surface area contributed by atoms with Gasteiger partial charge in [0.1, 0.15) is 0 Å². The Labute approximate surface area is 77.6 Å². The van der Waals surface area contributed by atoms with Crippen LogP contribution in [0.1, 0.15) is 26.7 Å². The van der Waals surface area contributed by atoms with Crippen LogP contribution in [0.5, 0.6) is 0 Å². The molecule has 3 N–H and O–H groups in total. The van der Waals surface area contributed by atoms with E-state index in [0.717, 1.165) is 12.8 Å². The van der Waals surface area contributed by atoms with E-state index >= 15 is 0 Å². The van der Waals surface area contributed by atoms with E-state index in [-0.39, 0.29) is 18.4 Å². The number of nitrogens with one attached hydrogen (secondary N) is 1. The Bertz CT molecular complexity index is 182. The van der Waals surface area contributed by atoms with Gasteiger partial charge in [-0.05, 0) is 6.42 Å². The predicted molar refractivity (Wildman–Crippen MR) is 47.4 cm³/mol. The highest BCUT2D eigenvalue weighted by Gasteiger charge is 2.11. The first-order valence-electron chi connectivity index (χ1n) is 4.27. The van der Waals surface area contributed by atoms with E-state index in [1.807, 2.05) is 6.92 Å². The summed E-state index contributed by atoms with van der Waals surface area (Å²) in [5, 5.41) is 0. The van der Waals surface area contributed by atoms with Gasteiger partial charge in [0.15, 0.2) is 6.61 Å². The van der Waals surface area contributed by atoms with Crippen LogP contribution in [0.15, 0.2) is 0 Å². The van der Waals surface area contributed by atoms with Crippen molar-refractivity contribution in [3.63, 3.8) is 0 Å². The van der Waals surface area contributed by atoms with E-state index in [0.29, 0.717) is 0 Å². The number of primary amides is 1. The molecule has 1 unspecified atom stereocenters. The number of rotatable bonds is 6. The lowest BCUT2D eigenvalue weighted by Gasteiger charge is -2.09. The molecule has 0 fully saturated rings. The zero-order valence-corrected chi connectivity index (χ0v) is 8.00. The Balaban J connectivity index is 3.55. The highest BCUT2D eigenvalue weighted by molar-refractivity contribution is 5.78. The monoisotopic (exact) mass is 188 g/mol. The number of hydroxylamine groups is 1. The zero-order valence-electron chi connectivity index (χ0n) is 8.00. The molecule has 0 aliphatic rings. The molecule has 0 aliphatic carbocycles. The molecule has 0 bridgehead atoms. The van der Waals surface area contributed by atoms with Gasteiger partial charge in [0, 0.05) is 5.92 Å². The van der Waals surface area contributed by atoms with E-state index in [2.05, 4.69) is 10.3 Å². The summed E-state index contributed by atoms with van der Waals surface area (Å²) in [5.74, 6) is -0.926. The van der Waals surface area contributed by atoms with E-state index in [1.54, 1.807) is 6.92 Å². The largest absolute Gasteiger partial charge is 0.368 e. The molecule has 13 heavy (non-hydrogen) atoms. The van der Waals surface area contributed by atoms with Gasteiger partial charge in [-0.3, -0.25) is 14.4 Å². The van der Waals surface area contributed by atoms with Gasteiger partial charge in [0.2, 0.25) is 11.8 Å². The van der Waals surface area contributed by atoms with Gasteiger partial charge in [0.05, 0.1) is 0 Å². The number of nitrogens with two attached hydrogens (primary N) is 1. The molecule has 0 heterocycles. The molecule has 0 aromatic rings. The van der Waals surface area contributed by atoms with Crippen LogP contribution in [0.2, 0.25) is 0 Å². The number of carbonyl (C=O) groups is 2. The fourth-order valence-corrected chi connectivity index (χ4v) is 0.843. The van der Waals surface area contributed by atoms with E-state index in [4.69, 9.17) is 5.73 Å². The average Bonchev–Trinajstić information content (AvgIpc) is 2.04. The summed E-state index contributed by atoms with van der Waals surface area (Å²) < 4.78 is 0. The molecular formula is C8H16N2O3. The first kappa shape index (κ1) is 11.9. The summed E-state index contributed by atoms with van der Waals surface area (Å²) >= 11 is 0. The summed E-state index contributed by atoms with van der Waals surface area (Å²) in [7, 11) is 0. The summed E-state index contributed by atoms with van der Waals surface area (Å²) in [4.78, 5) is 25.9. The van der Waals surface area contributed by atoms with Crippen molar-refractivity contribution in [2.75, 3.05) is 6.61 Å². The lowest BCUT2D eigenvalue weighted by molar-refractivity contribution is -0.141. The minimum atomic E-state index is -0.608. The molecule has 0 rings (SSSR count). The van der Waals surface area contributed by atoms with E-state index in [1.165, 1.54) is 0 Å². The smallest absolute Gasteiger partial charge is 0.246 e. The molecule has 0 saturated carbocycles. The van der Waals surface area contributed by atoms with Gasteiger partial charge in [-0.1, -0.05) is 20.3 Å².